The number of pyridine rings is 1. The number of nitrogens with one attached hydrogen (secondary N) is 2. The monoisotopic (exact) mass is 345 g/mol. The van der Waals surface area contributed by atoms with Gasteiger partial charge in [0.25, 0.3) is 0 Å². The Morgan fingerprint density at radius 3 is 2.92 bits per heavy atom. The summed E-state index contributed by atoms with van der Waals surface area (Å²) in [6.07, 6.45) is 6.33. The van der Waals surface area contributed by atoms with Crippen molar-refractivity contribution in [1.82, 2.24) is 24.9 Å². The van der Waals surface area contributed by atoms with Gasteiger partial charge in [-0.25, -0.2) is 15.0 Å². The highest BCUT2D eigenvalue weighted by atomic mass is 16.3. The van der Waals surface area contributed by atoms with Gasteiger partial charge in [0.2, 0.25) is 0 Å². The minimum Gasteiger partial charge on any atom is -0.393 e. The first-order chi connectivity index (χ1) is 12.8. The van der Waals surface area contributed by atoms with Crippen LogP contribution in [0, 0.1) is 6.42 Å². The van der Waals surface area contributed by atoms with Crippen molar-refractivity contribution in [3.05, 3.63) is 49.3 Å². The van der Waals surface area contributed by atoms with E-state index in [9.17, 15) is 5.11 Å². The topological polar surface area (TPSA) is 99.6 Å². The summed E-state index contributed by atoms with van der Waals surface area (Å²) >= 11 is 0. The molecule has 0 spiro atoms. The average Bonchev–Trinajstić information content (AvgIpc) is 3.28. The second-order valence-corrected chi connectivity index (χ2v) is 6.50. The van der Waals surface area contributed by atoms with E-state index in [1.807, 2.05) is 36.8 Å². The fourth-order valence-corrected chi connectivity index (χ4v) is 3.48. The molecule has 1 aliphatic carbocycles. The van der Waals surface area contributed by atoms with Crippen LogP contribution in [0.1, 0.15) is 12.8 Å². The third kappa shape index (κ3) is 2.57. The largest absolute Gasteiger partial charge is 0.393 e. The molecule has 3 aromatic heterocycles. The molecule has 1 fully saturated rings. The van der Waals surface area contributed by atoms with Crippen molar-refractivity contribution in [1.29, 1.82) is 0 Å². The molecule has 3 heterocycles. The number of para-hydroxylation sites is 1. The van der Waals surface area contributed by atoms with Crippen molar-refractivity contribution in [2.45, 2.75) is 25.0 Å². The van der Waals surface area contributed by atoms with Crippen molar-refractivity contribution < 1.29 is 5.11 Å². The van der Waals surface area contributed by atoms with Crippen LogP contribution in [-0.2, 0) is 0 Å². The van der Waals surface area contributed by atoms with Gasteiger partial charge >= 0.3 is 0 Å². The third-order valence-electron chi connectivity index (χ3n) is 4.74. The van der Waals surface area contributed by atoms with Gasteiger partial charge in [0.1, 0.15) is 17.7 Å². The van der Waals surface area contributed by atoms with Crippen LogP contribution >= 0.6 is 0 Å². The SMILES string of the molecule is O[C@H]1[CH]C[C@@H](Nc2ncnc3nc(-c4cccc5cccnc45)[nH]c23)C1. The second-order valence-electron chi connectivity index (χ2n) is 6.50. The second kappa shape index (κ2) is 6.03. The van der Waals surface area contributed by atoms with E-state index < -0.39 is 0 Å². The predicted molar refractivity (Wildman–Crippen MR) is 99.4 cm³/mol. The quantitative estimate of drug-likeness (QED) is 0.528. The van der Waals surface area contributed by atoms with Gasteiger partial charge in [-0.3, -0.25) is 4.98 Å². The highest BCUT2D eigenvalue weighted by Crippen LogP contribution is 2.29. The Balaban J connectivity index is 1.58. The molecule has 26 heavy (non-hydrogen) atoms. The predicted octanol–water partition coefficient (Wildman–Crippen LogP) is 2.71. The smallest absolute Gasteiger partial charge is 0.183 e. The van der Waals surface area contributed by atoms with Crippen LogP contribution in [-0.4, -0.2) is 42.2 Å². The first kappa shape index (κ1) is 15.2. The van der Waals surface area contributed by atoms with Crippen molar-refractivity contribution in [2.75, 3.05) is 5.32 Å². The van der Waals surface area contributed by atoms with Crippen LogP contribution in [0.2, 0.25) is 0 Å². The molecule has 0 unspecified atom stereocenters. The summed E-state index contributed by atoms with van der Waals surface area (Å²) in [6.45, 7) is 0. The fourth-order valence-electron chi connectivity index (χ4n) is 3.48. The molecule has 1 aliphatic rings. The highest BCUT2D eigenvalue weighted by Gasteiger charge is 2.24. The lowest BCUT2D eigenvalue weighted by molar-refractivity contribution is 0.213. The maximum absolute atomic E-state index is 9.69. The number of H-pyrrole nitrogens is 1. The number of rotatable bonds is 3. The Kier molecular flexibility index (Phi) is 3.53. The maximum atomic E-state index is 9.69. The Morgan fingerprint density at radius 2 is 2.04 bits per heavy atom. The van der Waals surface area contributed by atoms with Crippen LogP contribution in [0.15, 0.2) is 42.9 Å². The van der Waals surface area contributed by atoms with Gasteiger partial charge in [-0.2, -0.15) is 0 Å². The van der Waals surface area contributed by atoms with E-state index in [4.69, 9.17) is 0 Å². The molecule has 0 aliphatic heterocycles. The minimum atomic E-state index is -0.357. The maximum Gasteiger partial charge on any atom is 0.183 e. The van der Waals surface area contributed by atoms with E-state index in [1.165, 1.54) is 6.33 Å². The van der Waals surface area contributed by atoms with E-state index in [0.717, 1.165) is 28.4 Å². The molecule has 7 heteroatoms. The number of imidazole rings is 1. The van der Waals surface area contributed by atoms with Gasteiger partial charge in [0, 0.05) is 23.2 Å². The average molecular weight is 345 g/mol. The van der Waals surface area contributed by atoms with E-state index >= 15 is 0 Å². The molecule has 129 valence electrons. The Hall–Kier alpha value is -3.06. The Morgan fingerprint density at radius 1 is 1.12 bits per heavy atom. The summed E-state index contributed by atoms with van der Waals surface area (Å²) in [7, 11) is 0. The summed E-state index contributed by atoms with van der Waals surface area (Å²) in [5.74, 6) is 1.42. The van der Waals surface area contributed by atoms with Crippen LogP contribution in [0.5, 0.6) is 0 Å². The molecule has 2 atom stereocenters. The summed E-state index contributed by atoms with van der Waals surface area (Å²) in [6, 6.07) is 10.1. The van der Waals surface area contributed by atoms with Gasteiger partial charge in [-0.05, 0) is 31.4 Å². The van der Waals surface area contributed by atoms with E-state index in [0.29, 0.717) is 23.7 Å². The minimum absolute atomic E-state index is 0.161. The van der Waals surface area contributed by atoms with Gasteiger partial charge < -0.3 is 15.4 Å². The van der Waals surface area contributed by atoms with Crippen molar-refractivity contribution >= 4 is 27.9 Å². The molecule has 4 aromatic rings. The lowest BCUT2D eigenvalue weighted by atomic mass is 10.1. The Bertz CT molecular complexity index is 1090. The zero-order chi connectivity index (χ0) is 17.5. The lowest BCUT2D eigenvalue weighted by Gasteiger charge is -2.12. The molecule has 0 bridgehead atoms. The number of aliphatic hydroxyl groups excluding tert-OH is 1. The molecule has 1 saturated carbocycles. The lowest BCUT2D eigenvalue weighted by Crippen LogP contribution is -2.17. The number of nitrogens with zero attached hydrogens (tertiary/aromatic N) is 4. The molecule has 5 rings (SSSR count). The number of aromatic amines is 1. The van der Waals surface area contributed by atoms with Crippen molar-refractivity contribution in [3.8, 4) is 11.4 Å². The molecule has 1 radical (unpaired) electrons. The fraction of sp³-hybridized carbons (Fsp3) is 0.211. The highest BCUT2D eigenvalue weighted by molar-refractivity contribution is 5.94. The van der Waals surface area contributed by atoms with Crippen LogP contribution < -0.4 is 5.32 Å². The van der Waals surface area contributed by atoms with E-state index in [1.54, 1.807) is 6.20 Å². The zero-order valence-corrected chi connectivity index (χ0v) is 13.9. The number of hydrogen-bond acceptors (Lipinski definition) is 6. The molecule has 0 saturated heterocycles. The van der Waals surface area contributed by atoms with Gasteiger partial charge in [0.15, 0.2) is 11.5 Å². The van der Waals surface area contributed by atoms with Crippen molar-refractivity contribution in [3.63, 3.8) is 0 Å². The number of aliphatic hydroxyl groups is 1. The summed E-state index contributed by atoms with van der Waals surface area (Å²) < 4.78 is 0. The first-order valence-corrected chi connectivity index (χ1v) is 8.61. The number of fused-ring (bicyclic) bond motifs is 2. The molecule has 7 nitrogen and oxygen atoms in total. The van der Waals surface area contributed by atoms with Crippen LogP contribution in [0.4, 0.5) is 5.82 Å². The normalized spacial score (nSPS) is 20.0. The number of hydrogen-bond donors (Lipinski definition) is 3. The Labute approximate surface area is 149 Å². The van der Waals surface area contributed by atoms with Gasteiger partial charge in [0.05, 0.1) is 11.6 Å². The summed E-state index contributed by atoms with van der Waals surface area (Å²) in [5.41, 5.74) is 3.19. The number of aromatic nitrogens is 5. The summed E-state index contributed by atoms with van der Waals surface area (Å²) in [5, 5.41) is 14.1. The first-order valence-electron chi connectivity index (χ1n) is 8.61. The van der Waals surface area contributed by atoms with Gasteiger partial charge in [-0.15, -0.1) is 0 Å². The number of anilines is 1. The van der Waals surface area contributed by atoms with Crippen LogP contribution in [0.25, 0.3) is 33.5 Å². The van der Waals surface area contributed by atoms with Crippen LogP contribution in [0.3, 0.4) is 0 Å². The molecule has 1 aromatic carbocycles. The number of benzene rings is 1. The van der Waals surface area contributed by atoms with Crippen molar-refractivity contribution in [2.24, 2.45) is 0 Å². The molecular formula is C19H17N6O. The van der Waals surface area contributed by atoms with E-state index in [2.05, 4.69) is 30.2 Å². The molecule has 3 N–H and O–H groups in total. The zero-order valence-electron chi connectivity index (χ0n) is 13.9. The molecule has 0 amide bonds. The standard InChI is InChI=1S/C19H17N6O/c26-13-7-6-12(9-13)23-18-16-19(22-10-21-18)25-17(24-16)14-5-1-3-11-4-2-8-20-15(11)14/h1-5,7-8,10,12-13,26H,6,9H2,(H2,21,22,23,24,25)/t12-,13+/m1/s1. The third-order valence-corrected chi connectivity index (χ3v) is 4.74. The summed E-state index contributed by atoms with van der Waals surface area (Å²) in [4.78, 5) is 21.1. The van der Waals surface area contributed by atoms with E-state index in [-0.39, 0.29) is 12.1 Å². The van der Waals surface area contributed by atoms with Gasteiger partial charge in [-0.1, -0.05) is 18.2 Å². The molecular weight excluding hydrogens is 328 g/mol.